The molecule has 0 saturated carbocycles. The van der Waals surface area contributed by atoms with Crippen LogP contribution in [-0.2, 0) is 0 Å². The van der Waals surface area contributed by atoms with Gasteiger partial charge in [0, 0.05) is 21.0 Å². The smallest absolute Gasteiger partial charge is 0.148 e. The van der Waals surface area contributed by atoms with Gasteiger partial charge >= 0.3 is 0 Å². The molecule has 0 amide bonds. The van der Waals surface area contributed by atoms with Gasteiger partial charge in [-0.15, -0.1) is 47.0 Å². The lowest BCUT2D eigenvalue weighted by molar-refractivity contribution is 0.270. The Bertz CT molecular complexity index is 626. The van der Waals surface area contributed by atoms with Crippen molar-refractivity contribution in [1.82, 2.24) is 0 Å². The third-order valence-corrected chi connectivity index (χ3v) is 9.79. The van der Waals surface area contributed by atoms with Crippen molar-refractivity contribution in [3.63, 3.8) is 0 Å². The van der Waals surface area contributed by atoms with Gasteiger partial charge in [0.15, 0.2) is 0 Å². The predicted molar refractivity (Wildman–Crippen MR) is 170 cm³/mol. The molecule has 0 heterocycles. The highest BCUT2D eigenvalue weighted by Crippen LogP contribution is 2.57. The van der Waals surface area contributed by atoms with Gasteiger partial charge < -0.3 is 9.47 Å². The minimum absolute atomic E-state index is 0.469. The summed E-state index contributed by atoms with van der Waals surface area (Å²) in [4.78, 5) is 5.16. The maximum atomic E-state index is 6.75. The first-order chi connectivity index (χ1) is 17.1. The normalized spacial score (nSPS) is 11.9. The molecule has 0 aliphatic rings. The third kappa shape index (κ3) is 12.8. The van der Waals surface area contributed by atoms with E-state index in [0.717, 1.165) is 37.6 Å². The van der Waals surface area contributed by atoms with Crippen LogP contribution in [0.3, 0.4) is 0 Å². The highest BCUT2D eigenvalue weighted by molar-refractivity contribution is 8.04. The molecular weight excluding hydrogens is 521 g/mol. The van der Waals surface area contributed by atoms with E-state index in [-0.39, 0.29) is 0 Å². The fourth-order valence-electron chi connectivity index (χ4n) is 3.66. The van der Waals surface area contributed by atoms with Crippen LogP contribution in [0.4, 0.5) is 0 Å². The summed E-state index contributed by atoms with van der Waals surface area (Å²) in [6, 6.07) is 0. The van der Waals surface area contributed by atoms with E-state index >= 15 is 0 Å². The van der Waals surface area contributed by atoms with Gasteiger partial charge in [0.2, 0.25) is 0 Å². The van der Waals surface area contributed by atoms with Gasteiger partial charge in [0.05, 0.1) is 32.8 Å². The van der Waals surface area contributed by atoms with E-state index in [1.54, 1.807) is 0 Å². The number of benzene rings is 1. The van der Waals surface area contributed by atoms with Crippen molar-refractivity contribution in [2.75, 3.05) is 13.2 Å². The maximum Gasteiger partial charge on any atom is 0.148 e. The Morgan fingerprint density at radius 1 is 0.444 bits per heavy atom. The summed E-state index contributed by atoms with van der Waals surface area (Å²) in [5.41, 5.74) is 0. The quantitative estimate of drug-likeness (QED) is 0.113. The molecule has 36 heavy (non-hydrogen) atoms. The first kappa shape index (κ1) is 34.2. The molecule has 0 atom stereocenters. The number of hydrogen-bond acceptors (Lipinski definition) is 6. The van der Waals surface area contributed by atoms with Gasteiger partial charge in [0.1, 0.15) is 11.5 Å². The van der Waals surface area contributed by atoms with E-state index < -0.39 is 0 Å². The van der Waals surface area contributed by atoms with Crippen molar-refractivity contribution in [2.24, 2.45) is 0 Å². The number of unbranched alkanes of at least 4 members (excludes halogenated alkanes) is 6. The molecule has 0 aromatic heterocycles. The van der Waals surface area contributed by atoms with Crippen LogP contribution in [0.1, 0.15) is 121 Å². The highest BCUT2D eigenvalue weighted by Gasteiger charge is 2.30. The molecular formula is C30H54O2S4. The number of rotatable bonds is 20. The first-order valence-corrected chi connectivity index (χ1v) is 17.8. The minimum Gasteiger partial charge on any atom is -0.491 e. The summed E-state index contributed by atoms with van der Waals surface area (Å²) in [6.07, 6.45) is 9.73. The Morgan fingerprint density at radius 3 is 0.944 bits per heavy atom. The zero-order valence-electron chi connectivity index (χ0n) is 24.8. The lowest BCUT2D eigenvalue weighted by Gasteiger charge is -2.28. The minimum atomic E-state index is 0.469. The van der Waals surface area contributed by atoms with Crippen molar-refractivity contribution >= 4 is 47.0 Å². The second kappa shape index (κ2) is 19.3. The molecule has 210 valence electrons. The molecule has 0 spiro atoms. The highest BCUT2D eigenvalue weighted by atomic mass is 32.2. The molecule has 0 unspecified atom stereocenters. The number of ether oxygens (including phenoxy) is 2. The van der Waals surface area contributed by atoms with Gasteiger partial charge in [-0.3, -0.25) is 0 Å². The lowest BCUT2D eigenvalue weighted by atomic mass is 10.2. The molecule has 0 aliphatic carbocycles. The molecule has 0 aliphatic heterocycles. The fraction of sp³-hybridized carbons (Fsp3) is 0.800. The van der Waals surface area contributed by atoms with E-state index in [1.807, 2.05) is 47.0 Å². The molecule has 2 nitrogen and oxygen atoms in total. The van der Waals surface area contributed by atoms with Crippen molar-refractivity contribution < 1.29 is 9.47 Å². The Morgan fingerprint density at radius 2 is 0.722 bits per heavy atom. The average Bonchev–Trinajstić information content (AvgIpc) is 2.78. The molecule has 0 fully saturated rings. The zero-order valence-corrected chi connectivity index (χ0v) is 28.1. The lowest BCUT2D eigenvalue weighted by Crippen LogP contribution is -2.09. The van der Waals surface area contributed by atoms with Crippen LogP contribution in [0, 0.1) is 0 Å². The van der Waals surface area contributed by atoms with Crippen molar-refractivity contribution in [1.29, 1.82) is 0 Å². The Labute approximate surface area is 241 Å². The topological polar surface area (TPSA) is 18.5 Å². The van der Waals surface area contributed by atoms with Crippen LogP contribution in [0.2, 0.25) is 0 Å². The fourth-order valence-corrected chi connectivity index (χ4v) is 8.12. The molecule has 1 rings (SSSR count). The van der Waals surface area contributed by atoms with Crippen LogP contribution in [-0.4, -0.2) is 34.2 Å². The molecule has 6 heteroatoms. The van der Waals surface area contributed by atoms with Crippen LogP contribution >= 0.6 is 47.0 Å². The summed E-state index contributed by atoms with van der Waals surface area (Å²) < 4.78 is 13.5. The SMILES string of the molecule is CCCCCCOc1c(SC(C)C)c(SC(C)C)c(OCCCCCC)c(SC(C)C)c1SC(C)C. The summed E-state index contributed by atoms with van der Waals surface area (Å²) in [6.45, 7) is 24.4. The largest absolute Gasteiger partial charge is 0.491 e. The molecule has 1 aromatic rings. The van der Waals surface area contributed by atoms with E-state index in [9.17, 15) is 0 Å². The van der Waals surface area contributed by atoms with Crippen LogP contribution in [0.5, 0.6) is 11.5 Å². The second-order valence-electron chi connectivity index (χ2n) is 10.5. The molecule has 0 bridgehead atoms. The van der Waals surface area contributed by atoms with E-state index in [2.05, 4.69) is 69.2 Å². The van der Waals surface area contributed by atoms with Gasteiger partial charge in [0.25, 0.3) is 0 Å². The Hall–Kier alpha value is 0.220. The standard InChI is InChI=1S/C30H54O2S4/c1-11-13-15-17-19-31-25-27(33-21(3)4)29(35-23(7)8)26(32-20-18-16-14-12-2)30(36-24(9)10)28(25)34-22(5)6/h21-24H,11-20H2,1-10H3. The Balaban J connectivity index is 3.73. The van der Waals surface area contributed by atoms with Gasteiger partial charge in [-0.05, 0) is 12.8 Å². The summed E-state index contributed by atoms with van der Waals surface area (Å²) in [5, 5.41) is 1.88. The molecule has 0 N–H and O–H groups in total. The monoisotopic (exact) mass is 574 g/mol. The van der Waals surface area contributed by atoms with Gasteiger partial charge in [-0.25, -0.2) is 0 Å². The van der Waals surface area contributed by atoms with Crippen LogP contribution < -0.4 is 9.47 Å². The van der Waals surface area contributed by atoms with E-state index in [0.29, 0.717) is 21.0 Å². The predicted octanol–water partition coefficient (Wildman–Crippen LogP) is 11.6. The van der Waals surface area contributed by atoms with Crippen LogP contribution in [0.15, 0.2) is 19.6 Å². The van der Waals surface area contributed by atoms with Gasteiger partial charge in [-0.1, -0.05) is 108 Å². The summed E-state index contributed by atoms with van der Waals surface area (Å²) >= 11 is 7.78. The van der Waals surface area contributed by atoms with Crippen LogP contribution in [0.25, 0.3) is 0 Å². The summed E-state index contributed by atoms with van der Waals surface area (Å²) in [5.74, 6) is 2.21. The van der Waals surface area contributed by atoms with Crippen molar-refractivity contribution in [3.05, 3.63) is 0 Å². The molecule has 1 aromatic carbocycles. The number of hydrogen-bond donors (Lipinski definition) is 0. The van der Waals surface area contributed by atoms with E-state index in [1.165, 1.54) is 58.1 Å². The third-order valence-electron chi connectivity index (χ3n) is 5.14. The second-order valence-corrected chi connectivity index (χ2v) is 16.8. The maximum absolute atomic E-state index is 6.75. The zero-order chi connectivity index (χ0) is 27.1. The molecule has 0 radical (unpaired) electrons. The summed E-state index contributed by atoms with van der Waals surface area (Å²) in [7, 11) is 0. The van der Waals surface area contributed by atoms with E-state index in [4.69, 9.17) is 9.47 Å². The first-order valence-electron chi connectivity index (χ1n) is 14.3. The average molecular weight is 575 g/mol. The number of thioether (sulfide) groups is 4. The van der Waals surface area contributed by atoms with Crippen molar-refractivity contribution in [3.8, 4) is 11.5 Å². The Kier molecular flexibility index (Phi) is 18.4. The van der Waals surface area contributed by atoms with Crippen molar-refractivity contribution in [2.45, 2.75) is 161 Å². The molecule has 0 saturated heterocycles. The van der Waals surface area contributed by atoms with Gasteiger partial charge in [-0.2, -0.15) is 0 Å².